The summed E-state index contributed by atoms with van der Waals surface area (Å²) in [5.74, 6) is 0.889. The van der Waals surface area contributed by atoms with Gasteiger partial charge in [0.1, 0.15) is 0 Å². The molecule has 1 fully saturated rings. The van der Waals surface area contributed by atoms with Gasteiger partial charge in [0.25, 0.3) is 0 Å². The Hall–Kier alpha value is -0.860. The van der Waals surface area contributed by atoms with Crippen molar-refractivity contribution >= 4 is 0 Å². The first-order valence-corrected chi connectivity index (χ1v) is 7.23. The summed E-state index contributed by atoms with van der Waals surface area (Å²) in [5, 5.41) is 3.52. The molecule has 1 aromatic carbocycles. The van der Waals surface area contributed by atoms with Crippen LogP contribution in [0, 0.1) is 5.92 Å². The van der Waals surface area contributed by atoms with Gasteiger partial charge in [0.05, 0.1) is 0 Å². The molecular weight excluding hydrogens is 220 g/mol. The van der Waals surface area contributed by atoms with Crippen LogP contribution in [-0.4, -0.2) is 30.6 Å². The molecule has 1 aromatic rings. The van der Waals surface area contributed by atoms with Crippen molar-refractivity contribution in [2.24, 2.45) is 5.92 Å². The predicted molar refractivity (Wildman–Crippen MR) is 77.6 cm³/mol. The van der Waals surface area contributed by atoms with Crippen LogP contribution in [0.1, 0.15) is 32.3 Å². The molecule has 100 valence electrons. The summed E-state index contributed by atoms with van der Waals surface area (Å²) in [6, 6.07) is 11.4. The standard InChI is InChI=1S/C16H26N2/c1-14(2)17-10-8-16-9-11-18(13-16)12-15-6-4-3-5-7-15/h3-7,14,16-17H,8-13H2,1-2H3. The lowest BCUT2D eigenvalue weighted by Crippen LogP contribution is -2.26. The maximum atomic E-state index is 3.52. The Balaban J connectivity index is 1.69. The molecule has 0 bridgehead atoms. The van der Waals surface area contributed by atoms with Crippen molar-refractivity contribution in [3.05, 3.63) is 35.9 Å². The van der Waals surface area contributed by atoms with Gasteiger partial charge in [-0.25, -0.2) is 0 Å². The Morgan fingerprint density at radius 1 is 1.28 bits per heavy atom. The summed E-state index contributed by atoms with van der Waals surface area (Å²) in [6.45, 7) is 9.26. The SMILES string of the molecule is CC(C)NCCC1CCN(Cc2ccccc2)C1. The van der Waals surface area contributed by atoms with E-state index in [0.29, 0.717) is 6.04 Å². The van der Waals surface area contributed by atoms with Crippen molar-refractivity contribution < 1.29 is 0 Å². The molecule has 2 heteroatoms. The van der Waals surface area contributed by atoms with Crippen molar-refractivity contribution in [1.82, 2.24) is 10.2 Å². The highest BCUT2D eigenvalue weighted by Crippen LogP contribution is 2.20. The summed E-state index contributed by atoms with van der Waals surface area (Å²) in [6.07, 6.45) is 2.69. The van der Waals surface area contributed by atoms with E-state index in [2.05, 4.69) is 54.4 Å². The topological polar surface area (TPSA) is 15.3 Å². The Morgan fingerprint density at radius 2 is 2.06 bits per heavy atom. The third-order valence-electron chi connectivity index (χ3n) is 3.72. The van der Waals surface area contributed by atoms with E-state index in [1.165, 1.54) is 38.0 Å². The zero-order valence-electron chi connectivity index (χ0n) is 11.7. The number of hydrogen-bond acceptors (Lipinski definition) is 2. The number of benzene rings is 1. The first kappa shape index (κ1) is 13.6. The average Bonchev–Trinajstić information content (AvgIpc) is 2.78. The molecule has 0 radical (unpaired) electrons. The monoisotopic (exact) mass is 246 g/mol. The lowest BCUT2D eigenvalue weighted by Gasteiger charge is -2.16. The molecule has 0 saturated carbocycles. The minimum absolute atomic E-state index is 0.617. The van der Waals surface area contributed by atoms with Gasteiger partial charge in [-0.1, -0.05) is 44.2 Å². The van der Waals surface area contributed by atoms with E-state index in [4.69, 9.17) is 0 Å². The molecular formula is C16H26N2. The second kappa shape index (κ2) is 6.91. The molecule has 0 amide bonds. The second-order valence-electron chi connectivity index (χ2n) is 5.77. The summed E-state index contributed by atoms with van der Waals surface area (Å²) in [7, 11) is 0. The molecule has 1 aliphatic heterocycles. The largest absolute Gasteiger partial charge is 0.315 e. The van der Waals surface area contributed by atoms with Gasteiger partial charge in [-0.15, -0.1) is 0 Å². The molecule has 2 rings (SSSR count). The molecule has 1 aliphatic rings. The van der Waals surface area contributed by atoms with Crippen LogP contribution in [0.15, 0.2) is 30.3 Å². The van der Waals surface area contributed by atoms with Gasteiger partial charge in [-0.3, -0.25) is 4.90 Å². The summed E-state index contributed by atoms with van der Waals surface area (Å²) in [4.78, 5) is 2.59. The van der Waals surface area contributed by atoms with E-state index >= 15 is 0 Å². The lowest BCUT2D eigenvalue weighted by atomic mass is 10.1. The third kappa shape index (κ3) is 4.43. The Labute approximate surface area is 111 Å². The number of nitrogens with zero attached hydrogens (tertiary/aromatic N) is 1. The summed E-state index contributed by atoms with van der Waals surface area (Å²) in [5.41, 5.74) is 1.44. The van der Waals surface area contributed by atoms with Crippen LogP contribution in [0.3, 0.4) is 0 Å². The van der Waals surface area contributed by atoms with E-state index < -0.39 is 0 Å². The van der Waals surface area contributed by atoms with Crippen LogP contribution in [-0.2, 0) is 6.54 Å². The van der Waals surface area contributed by atoms with Crippen LogP contribution in [0.25, 0.3) is 0 Å². The van der Waals surface area contributed by atoms with Gasteiger partial charge >= 0.3 is 0 Å². The highest BCUT2D eigenvalue weighted by atomic mass is 15.1. The number of likely N-dealkylation sites (tertiary alicyclic amines) is 1. The first-order chi connectivity index (χ1) is 8.74. The molecule has 0 aliphatic carbocycles. The molecule has 1 saturated heterocycles. The van der Waals surface area contributed by atoms with Crippen LogP contribution in [0.2, 0.25) is 0 Å². The van der Waals surface area contributed by atoms with Crippen molar-refractivity contribution in [3.8, 4) is 0 Å². The minimum atomic E-state index is 0.617. The third-order valence-corrected chi connectivity index (χ3v) is 3.72. The normalized spacial score (nSPS) is 20.7. The van der Waals surface area contributed by atoms with Crippen molar-refractivity contribution in [2.75, 3.05) is 19.6 Å². The maximum Gasteiger partial charge on any atom is 0.0233 e. The van der Waals surface area contributed by atoms with E-state index in [1.807, 2.05) is 0 Å². The van der Waals surface area contributed by atoms with Crippen LogP contribution in [0.4, 0.5) is 0 Å². The van der Waals surface area contributed by atoms with E-state index in [9.17, 15) is 0 Å². The molecule has 1 N–H and O–H groups in total. The molecule has 1 atom stereocenters. The predicted octanol–water partition coefficient (Wildman–Crippen LogP) is 2.90. The van der Waals surface area contributed by atoms with E-state index in [-0.39, 0.29) is 0 Å². The van der Waals surface area contributed by atoms with Crippen LogP contribution in [0.5, 0.6) is 0 Å². The molecule has 18 heavy (non-hydrogen) atoms. The maximum absolute atomic E-state index is 3.52. The number of nitrogens with one attached hydrogen (secondary N) is 1. The van der Waals surface area contributed by atoms with Gasteiger partial charge in [0.15, 0.2) is 0 Å². The Kier molecular flexibility index (Phi) is 5.21. The van der Waals surface area contributed by atoms with Crippen molar-refractivity contribution in [3.63, 3.8) is 0 Å². The number of hydrogen-bond donors (Lipinski definition) is 1. The average molecular weight is 246 g/mol. The highest BCUT2D eigenvalue weighted by Gasteiger charge is 2.21. The van der Waals surface area contributed by atoms with Gasteiger partial charge in [0.2, 0.25) is 0 Å². The summed E-state index contributed by atoms with van der Waals surface area (Å²) < 4.78 is 0. The van der Waals surface area contributed by atoms with Crippen molar-refractivity contribution in [1.29, 1.82) is 0 Å². The number of rotatable bonds is 6. The molecule has 0 spiro atoms. The quantitative estimate of drug-likeness (QED) is 0.830. The lowest BCUT2D eigenvalue weighted by molar-refractivity contribution is 0.312. The van der Waals surface area contributed by atoms with Crippen LogP contribution < -0.4 is 5.32 Å². The Bertz CT molecular complexity index is 334. The second-order valence-corrected chi connectivity index (χ2v) is 5.77. The first-order valence-electron chi connectivity index (χ1n) is 7.23. The highest BCUT2D eigenvalue weighted by molar-refractivity contribution is 5.14. The molecule has 1 heterocycles. The molecule has 1 unspecified atom stereocenters. The smallest absolute Gasteiger partial charge is 0.0233 e. The molecule has 0 aromatic heterocycles. The Morgan fingerprint density at radius 3 is 2.78 bits per heavy atom. The summed E-state index contributed by atoms with van der Waals surface area (Å²) >= 11 is 0. The zero-order chi connectivity index (χ0) is 12.8. The fourth-order valence-electron chi connectivity index (χ4n) is 2.71. The minimum Gasteiger partial charge on any atom is -0.315 e. The van der Waals surface area contributed by atoms with Gasteiger partial charge in [-0.05, 0) is 37.4 Å². The van der Waals surface area contributed by atoms with Gasteiger partial charge < -0.3 is 5.32 Å². The van der Waals surface area contributed by atoms with E-state index in [0.717, 1.165) is 12.5 Å². The fraction of sp³-hybridized carbons (Fsp3) is 0.625. The van der Waals surface area contributed by atoms with Crippen molar-refractivity contribution in [2.45, 2.75) is 39.3 Å². The zero-order valence-corrected chi connectivity index (χ0v) is 11.7. The van der Waals surface area contributed by atoms with Gasteiger partial charge in [0, 0.05) is 19.1 Å². The van der Waals surface area contributed by atoms with Gasteiger partial charge in [-0.2, -0.15) is 0 Å². The fourth-order valence-corrected chi connectivity index (χ4v) is 2.71. The van der Waals surface area contributed by atoms with E-state index in [1.54, 1.807) is 0 Å². The molecule has 2 nitrogen and oxygen atoms in total. The van der Waals surface area contributed by atoms with Crippen LogP contribution >= 0.6 is 0 Å².